The van der Waals surface area contributed by atoms with Gasteiger partial charge in [-0.1, -0.05) is 18.2 Å². The number of carbonyl (C=O) groups is 1. The molecule has 1 aromatic carbocycles. The van der Waals surface area contributed by atoms with Gasteiger partial charge in [0.15, 0.2) is 0 Å². The van der Waals surface area contributed by atoms with Crippen LogP contribution in [0.25, 0.3) is 22.4 Å². The molecule has 3 heterocycles. The number of amides is 1. The normalized spacial score (nSPS) is 17.8. The lowest BCUT2D eigenvalue weighted by Crippen LogP contribution is -2.29. The van der Waals surface area contributed by atoms with E-state index in [2.05, 4.69) is 15.3 Å². The van der Waals surface area contributed by atoms with Gasteiger partial charge in [0.25, 0.3) is 5.91 Å². The number of hydrogen-bond acceptors (Lipinski definition) is 7. The lowest BCUT2D eigenvalue weighted by atomic mass is 9.94. The number of nitrogens with one attached hydrogen (secondary N) is 1. The predicted molar refractivity (Wildman–Crippen MR) is 131 cm³/mol. The molecule has 3 aromatic rings. The molecule has 0 spiro atoms. The molecule has 0 bridgehead atoms. The third-order valence-corrected chi connectivity index (χ3v) is 7.73. The zero-order valence-electron chi connectivity index (χ0n) is 19.4. The first-order valence-electron chi connectivity index (χ1n) is 11.6. The van der Waals surface area contributed by atoms with Gasteiger partial charge >= 0.3 is 0 Å². The molecule has 1 fully saturated rings. The number of aliphatic hydroxyl groups excluding tert-OH is 1. The van der Waals surface area contributed by atoms with Crippen LogP contribution < -0.4 is 5.32 Å². The summed E-state index contributed by atoms with van der Waals surface area (Å²) in [7, 11) is -3.56. The van der Waals surface area contributed by atoms with E-state index in [0.717, 1.165) is 46.9 Å². The van der Waals surface area contributed by atoms with Crippen molar-refractivity contribution in [2.24, 2.45) is 5.92 Å². The minimum atomic E-state index is -3.56. The van der Waals surface area contributed by atoms with Crippen LogP contribution in [0.5, 0.6) is 0 Å². The average molecular weight is 494 g/mol. The first-order valence-corrected chi connectivity index (χ1v) is 13.5. The van der Waals surface area contributed by atoms with Crippen molar-refractivity contribution in [3.63, 3.8) is 0 Å². The third-order valence-electron chi connectivity index (χ3n) is 6.49. The molecule has 10 heteroatoms. The highest BCUT2D eigenvalue weighted by atomic mass is 32.2. The molecule has 35 heavy (non-hydrogen) atoms. The number of fused-ring (bicyclic) bond motifs is 1. The Labute approximate surface area is 204 Å². The molecule has 2 aliphatic rings. The Hall–Kier alpha value is -3.21. The van der Waals surface area contributed by atoms with Gasteiger partial charge in [-0.15, -0.1) is 0 Å². The van der Waals surface area contributed by atoms with Crippen molar-refractivity contribution in [1.82, 2.24) is 24.6 Å². The Bertz CT molecular complexity index is 1360. The fraction of sp³-hybridized carbons (Fsp3) is 0.360. The third kappa shape index (κ3) is 4.95. The van der Waals surface area contributed by atoms with E-state index in [9.17, 15) is 18.3 Å². The summed E-state index contributed by atoms with van der Waals surface area (Å²) in [5.74, 6) is 0.248. The Morgan fingerprint density at radius 1 is 1.14 bits per heavy atom. The highest BCUT2D eigenvalue weighted by molar-refractivity contribution is 7.88. The zero-order valence-corrected chi connectivity index (χ0v) is 20.2. The van der Waals surface area contributed by atoms with Crippen molar-refractivity contribution in [2.75, 3.05) is 19.4 Å². The van der Waals surface area contributed by atoms with Crippen molar-refractivity contribution in [3.8, 4) is 22.4 Å². The van der Waals surface area contributed by atoms with E-state index in [0.29, 0.717) is 18.2 Å². The standard InChI is InChI=1S/C25H27N5O4S/c1-35(33,34)30-14-19-10-21(25(32)28-11-16-5-6-16)29-24(23(19)22(30)7-8-31)18-4-2-3-17(9-18)20-12-26-15-27-13-20/h2-4,9-10,12-13,15-16,22,31H,5-8,11,14H2,1H3,(H,28,32)/t22-/m1/s1. The van der Waals surface area contributed by atoms with Crippen LogP contribution in [0.3, 0.4) is 0 Å². The van der Waals surface area contributed by atoms with Gasteiger partial charge in [-0.3, -0.25) is 4.79 Å². The molecule has 0 unspecified atom stereocenters. The van der Waals surface area contributed by atoms with Crippen LogP contribution in [0.1, 0.15) is 46.9 Å². The average Bonchev–Trinajstić information content (AvgIpc) is 3.62. The lowest BCUT2D eigenvalue weighted by Gasteiger charge is -2.23. The van der Waals surface area contributed by atoms with E-state index in [1.54, 1.807) is 18.5 Å². The van der Waals surface area contributed by atoms with Gasteiger partial charge in [-0.05, 0) is 48.4 Å². The number of carbonyl (C=O) groups excluding carboxylic acids is 1. The molecule has 2 N–H and O–H groups in total. The zero-order chi connectivity index (χ0) is 24.6. The van der Waals surface area contributed by atoms with Crippen molar-refractivity contribution >= 4 is 15.9 Å². The first kappa shape index (κ1) is 23.5. The predicted octanol–water partition coefficient (Wildman–Crippen LogP) is 2.54. The topological polar surface area (TPSA) is 125 Å². The SMILES string of the molecule is CS(=O)(=O)N1Cc2cc(C(=O)NCC3CC3)nc(-c3cccc(-c4cncnc4)c3)c2[C@H]1CCO. The number of hydrogen-bond donors (Lipinski definition) is 2. The Morgan fingerprint density at radius 3 is 2.57 bits per heavy atom. The van der Waals surface area contributed by atoms with Gasteiger partial charge in [-0.25, -0.2) is 23.4 Å². The Morgan fingerprint density at radius 2 is 1.89 bits per heavy atom. The van der Waals surface area contributed by atoms with Crippen LogP contribution in [0.15, 0.2) is 49.1 Å². The molecule has 0 saturated heterocycles. The van der Waals surface area contributed by atoms with Gasteiger partial charge in [0, 0.05) is 48.8 Å². The van der Waals surface area contributed by atoms with Gasteiger partial charge in [-0.2, -0.15) is 4.31 Å². The van der Waals surface area contributed by atoms with Crippen molar-refractivity contribution < 1.29 is 18.3 Å². The Balaban J connectivity index is 1.64. The lowest BCUT2D eigenvalue weighted by molar-refractivity contribution is 0.0946. The maximum atomic E-state index is 13.0. The minimum Gasteiger partial charge on any atom is -0.396 e. The number of rotatable bonds is 8. The van der Waals surface area contributed by atoms with Crippen LogP contribution in [-0.4, -0.2) is 58.1 Å². The molecular formula is C25H27N5O4S. The van der Waals surface area contributed by atoms with Gasteiger partial charge in [0.2, 0.25) is 10.0 Å². The molecule has 1 atom stereocenters. The summed E-state index contributed by atoms with van der Waals surface area (Å²) in [5, 5.41) is 12.7. The molecule has 1 aliphatic carbocycles. The van der Waals surface area contributed by atoms with Gasteiger partial charge < -0.3 is 10.4 Å². The summed E-state index contributed by atoms with van der Waals surface area (Å²) in [6.07, 6.45) is 8.52. The van der Waals surface area contributed by atoms with Crippen molar-refractivity contribution in [2.45, 2.75) is 31.8 Å². The van der Waals surface area contributed by atoms with E-state index in [1.165, 1.54) is 10.6 Å². The second-order valence-electron chi connectivity index (χ2n) is 9.13. The summed E-state index contributed by atoms with van der Waals surface area (Å²) < 4.78 is 26.6. The van der Waals surface area contributed by atoms with E-state index in [-0.39, 0.29) is 31.2 Å². The number of sulfonamides is 1. The van der Waals surface area contributed by atoms with Crippen LogP contribution in [-0.2, 0) is 16.6 Å². The largest absolute Gasteiger partial charge is 0.396 e. The molecule has 9 nitrogen and oxygen atoms in total. The van der Waals surface area contributed by atoms with E-state index in [4.69, 9.17) is 4.98 Å². The van der Waals surface area contributed by atoms with Crippen LogP contribution in [0.4, 0.5) is 0 Å². The fourth-order valence-corrected chi connectivity index (χ4v) is 5.62. The molecule has 5 rings (SSSR count). The van der Waals surface area contributed by atoms with E-state index < -0.39 is 16.1 Å². The van der Waals surface area contributed by atoms with Crippen LogP contribution in [0, 0.1) is 5.92 Å². The number of aliphatic hydroxyl groups is 1. The Kier molecular flexibility index (Phi) is 6.35. The second kappa shape index (κ2) is 9.44. The maximum Gasteiger partial charge on any atom is 0.269 e. The summed E-state index contributed by atoms with van der Waals surface area (Å²) in [6, 6.07) is 8.76. The quantitative estimate of drug-likeness (QED) is 0.494. The molecule has 2 aromatic heterocycles. The monoisotopic (exact) mass is 493 g/mol. The molecule has 1 saturated carbocycles. The fourth-order valence-electron chi connectivity index (χ4n) is 4.57. The van der Waals surface area contributed by atoms with Gasteiger partial charge in [0.1, 0.15) is 12.0 Å². The van der Waals surface area contributed by atoms with Crippen molar-refractivity contribution in [3.05, 3.63) is 65.9 Å². The minimum absolute atomic E-state index is 0.128. The number of nitrogens with zero attached hydrogens (tertiary/aromatic N) is 4. The number of pyridine rings is 1. The van der Waals surface area contributed by atoms with Crippen LogP contribution in [0.2, 0.25) is 0 Å². The summed E-state index contributed by atoms with van der Waals surface area (Å²) in [6.45, 7) is 0.559. The summed E-state index contributed by atoms with van der Waals surface area (Å²) in [4.78, 5) is 25.9. The molecule has 182 valence electrons. The van der Waals surface area contributed by atoms with Gasteiger partial charge in [0.05, 0.1) is 18.0 Å². The van der Waals surface area contributed by atoms with E-state index in [1.807, 2.05) is 24.3 Å². The highest BCUT2D eigenvalue weighted by Gasteiger charge is 2.39. The van der Waals surface area contributed by atoms with Crippen molar-refractivity contribution in [1.29, 1.82) is 0 Å². The maximum absolute atomic E-state index is 13.0. The molecular weight excluding hydrogens is 466 g/mol. The smallest absolute Gasteiger partial charge is 0.269 e. The molecule has 1 aliphatic heterocycles. The number of aromatic nitrogens is 3. The summed E-state index contributed by atoms with van der Waals surface area (Å²) in [5.41, 5.74) is 4.70. The van der Waals surface area contributed by atoms with E-state index >= 15 is 0 Å². The number of benzene rings is 1. The highest BCUT2D eigenvalue weighted by Crippen LogP contribution is 2.43. The van der Waals surface area contributed by atoms with Crippen LogP contribution >= 0.6 is 0 Å². The second-order valence-corrected chi connectivity index (χ2v) is 11.1. The molecule has 0 radical (unpaired) electrons. The molecule has 1 amide bonds. The first-order chi connectivity index (χ1) is 16.8. The summed E-state index contributed by atoms with van der Waals surface area (Å²) >= 11 is 0.